The molecule has 1 rings (SSSR count). The van der Waals surface area contributed by atoms with Crippen molar-refractivity contribution in [1.82, 2.24) is 15.1 Å². The predicted octanol–water partition coefficient (Wildman–Crippen LogP) is 2.12. The highest BCUT2D eigenvalue weighted by molar-refractivity contribution is 5.07. The first-order chi connectivity index (χ1) is 6.70. The molecule has 1 aromatic heterocycles. The molecule has 2 unspecified atom stereocenters. The van der Waals surface area contributed by atoms with E-state index in [4.69, 9.17) is 0 Å². The third-order valence-electron chi connectivity index (χ3n) is 2.80. The summed E-state index contributed by atoms with van der Waals surface area (Å²) in [5.41, 5.74) is 1.27. The summed E-state index contributed by atoms with van der Waals surface area (Å²) in [6.45, 7) is 4.52. The molecule has 0 aliphatic heterocycles. The number of aromatic nitrogens is 2. The Hall–Kier alpha value is -0.830. The molecule has 0 saturated carbocycles. The van der Waals surface area contributed by atoms with Crippen LogP contribution in [0, 0.1) is 5.92 Å². The molecular weight excluding hydrogens is 174 g/mol. The van der Waals surface area contributed by atoms with Crippen LogP contribution in [0.25, 0.3) is 0 Å². The molecule has 1 heterocycles. The minimum atomic E-state index is 0.419. The lowest BCUT2D eigenvalue weighted by molar-refractivity contribution is 0.366. The van der Waals surface area contributed by atoms with Crippen LogP contribution in [0.2, 0.25) is 0 Å². The molecule has 1 N–H and O–H groups in total. The number of hydrogen-bond donors (Lipinski definition) is 1. The summed E-state index contributed by atoms with van der Waals surface area (Å²) in [7, 11) is 4.02. The van der Waals surface area contributed by atoms with Crippen LogP contribution in [0.1, 0.15) is 38.4 Å². The molecule has 0 aliphatic rings. The Morgan fingerprint density at radius 2 is 2.29 bits per heavy atom. The average Bonchev–Trinajstić information content (AvgIpc) is 2.54. The van der Waals surface area contributed by atoms with Crippen molar-refractivity contribution in [1.29, 1.82) is 0 Å². The van der Waals surface area contributed by atoms with Crippen LogP contribution in [0.5, 0.6) is 0 Å². The zero-order valence-corrected chi connectivity index (χ0v) is 9.62. The summed E-state index contributed by atoms with van der Waals surface area (Å²) in [4.78, 5) is 0. The molecule has 0 radical (unpaired) electrons. The van der Waals surface area contributed by atoms with Crippen LogP contribution in [0.4, 0.5) is 0 Å². The first-order valence-electron chi connectivity index (χ1n) is 5.35. The van der Waals surface area contributed by atoms with E-state index in [-0.39, 0.29) is 0 Å². The monoisotopic (exact) mass is 195 g/mol. The third-order valence-corrected chi connectivity index (χ3v) is 2.80. The molecule has 14 heavy (non-hydrogen) atoms. The van der Waals surface area contributed by atoms with Gasteiger partial charge in [-0.05, 0) is 25.5 Å². The van der Waals surface area contributed by atoms with Gasteiger partial charge in [0.1, 0.15) is 0 Å². The van der Waals surface area contributed by atoms with Gasteiger partial charge in [0.2, 0.25) is 0 Å². The fourth-order valence-corrected chi connectivity index (χ4v) is 2.04. The summed E-state index contributed by atoms with van der Waals surface area (Å²) in [5, 5.41) is 7.57. The van der Waals surface area contributed by atoms with Gasteiger partial charge in [0.05, 0.1) is 11.7 Å². The Balaban J connectivity index is 2.76. The molecule has 0 aliphatic carbocycles. The maximum Gasteiger partial charge on any atom is 0.0552 e. The van der Waals surface area contributed by atoms with Crippen molar-refractivity contribution < 1.29 is 0 Å². The summed E-state index contributed by atoms with van der Waals surface area (Å²) in [5.74, 6) is 0.653. The molecule has 0 aromatic carbocycles. The number of aryl methyl sites for hydroxylation is 1. The topological polar surface area (TPSA) is 29.9 Å². The number of nitrogens with zero attached hydrogens (tertiary/aromatic N) is 2. The van der Waals surface area contributed by atoms with Gasteiger partial charge < -0.3 is 5.32 Å². The highest BCUT2D eigenvalue weighted by atomic mass is 15.3. The Morgan fingerprint density at radius 3 is 2.71 bits per heavy atom. The zero-order valence-electron chi connectivity index (χ0n) is 9.62. The van der Waals surface area contributed by atoms with Gasteiger partial charge in [0.15, 0.2) is 0 Å². The summed E-state index contributed by atoms with van der Waals surface area (Å²) in [6, 6.07) is 2.51. The van der Waals surface area contributed by atoms with Crippen molar-refractivity contribution in [3.05, 3.63) is 18.0 Å². The van der Waals surface area contributed by atoms with E-state index in [1.165, 1.54) is 18.5 Å². The van der Waals surface area contributed by atoms with Crippen molar-refractivity contribution in [2.75, 3.05) is 7.05 Å². The van der Waals surface area contributed by atoms with Gasteiger partial charge in [0, 0.05) is 13.2 Å². The quantitative estimate of drug-likeness (QED) is 0.780. The lowest BCUT2D eigenvalue weighted by atomic mass is 9.94. The largest absolute Gasteiger partial charge is 0.311 e. The molecule has 80 valence electrons. The van der Waals surface area contributed by atoms with Crippen LogP contribution < -0.4 is 5.32 Å². The van der Waals surface area contributed by atoms with Crippen molar-refractivity contribution >= 4 is 0 Å². The van der Waals surface area contributed by atoms with Crippen LogP contribution >= 0.6 is 0 Å². The Bertz CT molecular complexity index is 267. The molecule has 0 bridgehead atoms. The van der Waals surface area contributed by atoms with E-state index in [1.54, 1.807) is 0 Å². The van der Waals surface area contributed by atoms with Crippen LogP contribution in [-0.4, -0.2) is 16.8 Å². The van der Waals surface area contributed by atoms with E-state index in [1.807, 2.05) is 25.0 Å². The van der Waals surface area contributed by atoms with Gasteiger partial charge in [-0.15, -0.1) is 0 Å². The SMILES string of the molecule is CCCC(C)C(NC)c1ccnn1C. The van der Waals surface area contributed by atoms with Gasteiger partial charge in [-0.2, -0.15) is 5.10 Å². The molecule has 2 atom stereocenters. The van der Waals surface area contributed by atoms with Crippen molar-refractivity contribution in [2.24, 2.45) is 13.0 Å². The number of hydrogen-bond acceptors (Lipinski definition) is 2. The van der Waals surface area contributed by atoms with Crippen LogP contribution in [0.15, 0.2) is 12.3 Å². The first kappa shape index (κ1) is 11.2. The maximum atomic E-state index is 4.20. The first-order valence-corrected chi connectivity index (χ1v) is 5.35. The Morgan fingerprint density at radius 1 is 1.57 bits per heavy atom. The van der Waals surface area contributed by atoms with Gasteiger partial charge in [-0.3, -0.25) is 4.68 Å². The van der Waals surface area contributed by atoms with Gasteiger partial charge >= 0.3 is 0 Å². The van der Waals surface area contributed by atoms with Crippen molar-refractivity contribution in [3.8, 4) is 0 Å². The highest BCUT2D eigenvalue weighted by Crippen LogP contribution is 2.24. The fourth-order valence-electron chi connectivity index (χ4n) is 2.04. The van der Waals surface area contributed by atoms with Gasteiger partial charge in [-0.1, -0.05) is 20.3 Å². The summed E-state index contributed by atoms with van der Waals surface area (Å²) in [6.07, 6.45) is 4.34. The van der Waals surface area contributed by atoms with Crippen LogP contribution in [0.3, 0.4) is 0 Å². The minimum absolute atomic E-state index is 0.419. The van der Waals surface area contributed by atoms with E-state index < -0.39 is 0 Å². The van der Waals surface area contributed by atoms with Gasteiger partial charge in [-0.25, -0.2) is 0 Å². The molecular formula is C11H21N3. The lowest BCUT2D eigenvalue weighted by Crippen LogP contribution is -2.25. The summed E-state index contributed by atoms with van der Waals surface area (Å²) >= 11 is 0. The predicted molar refractivity (Wildman–Crippen MR) is 59.1 cm³/mol. The Labute approximate surface area is 86.5 Å². The van der Waals surface area contributed by atoms with E-state index >= 15 is 0 Å². The molecule has 0 amide bonds. The van der Waals surface area contributed by atoms with E-state index in [0.29, 0.717) is 12.0 Å². The molecule has 3 heteroatoms. The molecule has 1 aromatic rings. The second-order valence-electron chi connectivity index (χ2n) is 3.91. The van der Waals surface area contributed by atoms with Crippen molar-refractivity contribution in [2.45, 2.75) is 32.7 Å². The molecule has 0 fully saturated rings. The normalized spacial score (nSPS) is 15.4. The minimum Gasteiger partial charge on any atom is -0.311 e. The second-order valence-corrected chi connectivity index (χ2v) is 3.91. The second kappa shape index (κ2) is 5.15. The number of rotatable bonds is 5. The van der Waals surface area contributed by atoms with Crippen LogP contribution in [-0.2, 0) is 7.05 Å². The average molecular weight is 195 g/mol. The third kappa shape index (κ3) is 2.35. The Kier molecular flexibility index (Phi) is 4.14. The van der Waals surface area contributed by atoms with Crippen molar-refractivity contribution in [3.63, 3.8) is 0 Å². The molecule has 0 saturated heterocycles. The van der Waals surface area contributed by atoms with E-state index in [0.717, 1.165) is 0 Å². The zero-order chi connectivity index (χ0) is 10.6. The van der Waals surface area contributed by atoms with E-state index in [9.17, 15) is 0 Å². The standard InChI is InChI=1S/C11H21N3/c1-5-6-9(2)11(12-3)10-7-8-13-14(10)4/h7-9,11-12H,5-6H2,1-4H3. The molecule has 0 spiro atoms. The van der Waals surface area contributed by atoms with Gasteiger partial charge in [0.25, 0.3) is 0 Å². The lowest BCUT2D eigenvalue weighted by Gasteiger charge is -2.23. The maximum absolute atomic E-state index is 4.20. The molecule has 3 nitrogen and oxygen atoms in total. The van der Waals surface area contributed by atoms with E-state index in [2.05, 4.69) is 30.3 Å². The fraction of sp³-hybridized carbons (Fsp3) is 0.727. The smallest absolute Gasteiger partial charge is 0.0552 e. The highest BCUT2D eigenvalue weighted by Gasteiger charge is 2.19. The number of nitrogens with one attached hydrogen (secondary N) is 1. The summed E-state index contributed by atoms with van der Waals surface area (Å²) < 4.78 is 1.95.